The number of methoxy groups -OCH3 is 2. The fourth-order valence-corrected chi connectivity index (χ4v) is 10.7. The molecule has 0 aromatic heterocycles. The monoisotopic (exact) mass is 961 g/mol. The molecule has 6 aromatic carbocycles. The second kappa shape index (κ2) is 18.8. The number of benzene rings is 6. The normalized spacial score (nSPS) is 13.0. The molecule has 17 heteroatoms. The van der Waals surface area contributed by atoms with E-state index in [0.717, 1.165) is 13.5 Å². The van der Waals surface area contributed by atoms with E-state index in [2.05, 4.69) is 0 Å². The molecule has 1 aliphatic rings. The van der Waals surface area contributed by atoms with E-state index in [-0.39, 0.29) is 54.3 Å². The van der Waals surface area contributed by atoms with Crippen LogP contribution in [0, 0.1) is 0 Å². The zero-order valence-corrected chi connectivity index (χ0v) is 40.4. The highest BCUT2D eigenvalue weighted by atomic mass is 32.2. The number of nitrogens with zero attached hydrogens (tertiary/aromatic N) is 3. The number of amides is 2. The van der Waals surface area contributed by atoms with E-state index in [1.54, 1.807) is 102 Å². The molecule has 1 heterocycles. The van der Waals surface area contributed by atoms with Gasteiger partial charge in [0.05, 0.1) is 58.6 Å². The van der Waals surface area contributed by atoms with Gasteiger partial charge in [0, 0.05) is 22.9 Å². The summed E-state index contributed by atoms with van der Waals surface area (Å²) in [5.41, 5.74) is -0.781. The Morgan fingerprint density at radius 3 is 1.50 bits per heavy atom. The number of sulfonamides is 2. The SMILES string of the molecule is COc1ccc(S(=O)(=O)N(CC(=O)OC(C)(C)C)c2cc(-c3ccc(N4C(=O)c5ccccc5C4=O)cc3)c(N(CCC(=O)OC(C)(C)C)S(=O)(=O)c3ccc(OC)cc3)c3ccccc23)cc1. The second-order valence-electron chi connectivity index (χ2n) is 17.7. The highest BCUT2D eigenvalue weighted by Crippen LogP contribution is 2.46. The number of imide groups is 1. The fraction of sp³-hybridized carbons (Fsp3) is 0.255. The van der Waals surface area contributed by atoms with Crippen molar-refractivity contribution in [1.82, 2.24) is 0 Å². The van der Waals surface area contributed by atoms with Crippen molar-refractivity contribution in [2.75, 3.05) is 40.8 Å². The topological polar surface area (TPSA) is 183 Å². The Labute approximate surface area is 395 Å². The van der Waals surface area contributed by atoms with Gasteiger partial charge in [0.1, 0.15) is 29.2 Å². The molecule has 354 valence electrons. The summed E-state index contributed by atoms with van der Waals surface area (Å²) in [7, 11) is -6.36. The Hall–Kier alpha value is -7.24. The standard InChI is InChI=1S/C51H51N3O12S2/c1-50(2,3)65-45(55)29-30-52(67(59,60)37-25-21-35(63-7)22-26-37)47-40-14-10-9-13-39(40)44(53(32-46(56)66-51(4,5)6)68(61,62)38-27-23-36(64-8)24-28-38)31-43(47)33-17-19-34(20-18-33)54-48(57)41-15-11-12-16-42(41)49(54)58/h9-28,31H,29-30,32H2,1-8H3. The predicted molar refractivity (Wildman–Crippen MR) is 258 cm³/mol. The maximum absolute atomic E-state index is 15.2. The summed E-state index contributed by atoms with van der Waals surface area (Å²) in [4.78, 5) is 55.1. The van der Waals surface area contributed by atoms with Gasteiger partial charge in [-0.2, -0.15) is 0 Å². The zero-order chi connectivity index (χ0) is 49.3. The maximum atomic E-state index is 15.2. The average molecular weight is 962 g/mol. The van der Waals surface area contributed by atoms with Crippen LogP contribution in [0.1, 0.15) is 68.7 Å². The zero-order valence-electron chi connectivity index (χ0n) is 38.8. The molecule has 0 spiro atoms. The van der Waals surface area contributed by atoms with Gasteiger partial charge in [-0.3, -0.25) is 27.8 Å². The molecule has 6 aromatic rings. The molecule has 0 aliphatic carbocycles. The Balaban J connectivity index is 1.52. The molecule has 0 fully saturated rings. The third-order valence-electron chi connectivity index (χ3n) is 10.7. The van der Waals surface area contributed by atoms with E-state index in [9.17, 15) is 19.2 Å². The number of hydrogen-bond acceptors (Lipinski definition) is 12. The molecule has 0 N–H and O–H groups in total. The molecule has 0 saturated carbocycles. The lowest BCUT2D eigenvalue weighted by atomic mass is 9.96. The summed E-state index contributed by atoms with van der Waals surface area (Å²) in [5, 5.41) is 0.423. The number of carbonyl (C=O) groups excluding carboxylic acids is 4. The van der Waals surface area contributed by atoms with Crippen molar-refractivity contribution >= 4 is 71.6 Å². The third-order valence-corrected chi connectivity index (χ3v) is 14.3. The number of esters is 2. The highest BCUT2D eigenvalue weighted by Gasteiger charge is 2.38. The van der Waals surface area contributed by atoms with Crippen molar-refractivity contribution in [2.24, 2.45) is 0 Å². The van der Waals surface area contributed by atoms with Crippen molar-refractivity contribution in [3.63, 3.8) is 0 Å². The van der Waals surface area contributed by atoms with Crippen LogP contribution in [0.15, 0.2) is 137 Å². The van der Waals surface area contributed by atoms with Crippen LogP contribution >= 0.6 is 0 Å². The Morgan fingerprint density at radius 1 is 0.559 bits per heavy atom. The van der Waals surface area contributed by atoms with Gasteiger partial charge in [-0.25, -0.2) is 21.7 Å². The lowest BCUT2D eigenvalue weighted by Gasteiger charge is -2.32. The smallest absolute Gasteiger partial charge is 0.327 e. The van der Waals surface area contributed by atoms with Gasteiger partial charge in [-0.1, -0.05) is 48.5 Å². The first-order chi connectivity index (χ1) is 32.0. The summed E-state index contributed by atoms with van der Waals surface area (Å²) in [6.45, 7) is 8.77. The Morgan fingerprint density at radius 2 is 1.01 bits per heavy atom. The molecule has 0 atom stereocenters. The van der Waals surface area contributed by atoms with Crippen LogP contribution in [-0.4, -0.2) is 79.1 Å². The van der Waals surface area contributed by atoms with Gasteiger partial charge in [0.15, 0.2) is 0 Å². The van der Waals surface area contributed by atoms with E-state index in [1.165, 1.54) is 80.9 Å². The number of carbonyl (C=O) groups is 4. The molecular formula is C51H51N3O12S2. The number of anilines is 3. The van der Waals surface area contributed by atoms with E-state index >= 15 is 16.8 Å². The van der Waals surface area contributed by atoms with Crippen LogP contribution in [0.4, 0.5) is 17.1 Å². The Kier molecular flexibility index (Phi) is 13.5. The van der Waals surface area contributed by atoms with Crippen molar-refractivity contribution in [3.8, 4) is 22.6 Å². The molecule has 1 aliphatic heterocycles. The minimum Gasteiger partial charge on any atom is -0.497 e. The van der Waals surface area contributed by atoms with E-state index in [1.807, 2.05) is 0 Å². The molecular weight excluding hydrogens is 911 g/mol. The minimum absolute atomic E-state index is 0.0283. The van der Waals surface area contributed by atoms with Gasteiger partial charge < -0.3 is 18.9 Å². The summed E-state index contributed by atoms with van der Waals surface area (Å²) >= 11 is 0. The van der Waals surface area contributed by atoms with Gasteiger partial charge in [-0.15, -0.1) is 0 Å². The molecule has 2 amide bonds. The molecule has 68 heavy (non-hydrogen) atoms. The average Bonchev–Trinajstić information content (AvgIpc) is 3.55. The molecule has 0 bridgehead atoms. The van der Waals surface area contributed by atoms with E-state index in [0.29, 0.717) is 17.1 Å². The fourth-order valence-electron chi connectivity index (χ4n) is 7.73. The number of hydrogen-bond donors (Lipinski definition) is 0. The second-order valence-corrected chi connectivity index (χ2v) is 21.5. The highest BCUT2D eigenvalue weighted by molar-refractivity contribution is 7.93. The summed E-state index contributed by atoms with van der Waals surface area (Å²) < 4.78 is 84.4. The quantitative estimate of drug-likeness (QED) is 0.0706. The molecule has 15 nitrogen and oxygen atoms in total. The summed E-state index contributed by atoms with van der Waals surface area (Å²) in [6.07, 6.45) is -0.405. The van der Waals surface area contributed by atoms with Gasteiger partial charge >= 0.3 is 11.9 Å². The van der Waals surface area contributed by atoms with Gasteiger partial charge in [0.2, 0.25) is 0 Å². The van der Waals surface area contributed by atoms with Crippen LogP contribution in [0.5, 0.6) is 11.5 Å². The predicted octanol–water partition coefficient (Wildman–Crippen LogP) is 8.79. The number of ether oxygens (including phenoxy) is 4. The lowest BCUT2D eigenvalue weighted by molar-refractivity contribution is -0.155. The summed E-state index contributed by atoms with van der Waals surface area (Å²) in [5.74, 6) is -1.86. The van der Waals surface area contributed by atoms with Crippen LogP contribution in [-0.2, 0) is 39.1 Å². The van der Waals surface area contributed by atoms with Crippen molar-refractivity contribution in [1.29, 1.82) is 0 Å². The van der Waals surface area contributed by atoms with Crippen LogP contribution in [0.2, 0.25) is 0 Å². The van der Waals surface area contributed by atoms with Crippen LogP contribution in [0.25, 0.3) is 21.9 Å². The molecule has 7 rings (SSSR count). The van der Waals surface area contributed by atoms with Crippen molar-refractivity contribution in [2.45, 2.75) is 69.0 Å². The van der Waals surface area contributed by atoms with Crippen molar-refractivity contribution in [3.05, 3.63) is 139 Å². The summed E-state index contributed by atoms with van der Waals surface area (Å²) in [6, 6.07) is 31.9. The number of fused-ring (bicyclic) bond motifs is 2. The first kappa shape index (κ1) is 48.7. The van der Waals surface area contributed by atoms with Gasteiger partial charge in [0.25, 0.3) is 31.9 Å². The van der Waals surface area contributed by atoms with E-state index < -0.39 is 74.5 Å². The number of rotatable bonds is 15. The van der Waals surface area contributed by atoms with Crippen LogP contribution in [0.3, 0.4) is 0 Å². The lowest BCUT2D eigenvalue weighted by Crippen LogP contribution is -2.39. The minimum atomic E-state index is -4.64. The van der Waals surface area contributed by atoms with Gasteiger partial charge in [-0.05, 0) is 126 Å². The first-order valence-corrected chi connectivity index (χ1v) is 24.3. The Bertz CT molecular complexity index is 3110. The molecule has 0 saturated heterocycles. The maximum Gasteiger partial charge on any atom is 0.327 e. The van der Waals surface area contributed by atoms with Crippen LogP contribution < -0.4 is 23.0 Å². The van der Waals surface area contributed by atoms with Crippen molar-refractivity contribution < 1.29 is 55.0 Å². The molecule has 0 unspecified atom stereocenters. The molecule has 0 radical (unpaired) electrons. The largest absolute Gasteiger partial charge is 0.497 e. The first-order valence-electron chi connectivity index (χ1n) is 21.5. The van der Waals surface area contributed by atoms with E-state index in [4.69, 9.17) is 18.9 Å². The third kappa shape index (κ3) is 10.0.